The third-order valence-electron chi connectivity index (χ3n) is 5.41. The summed E-state index contributed by atoms with van der Waals surface area (Å²) in [6, 6.07) is 14.3. The first-order valence-electron chi connectivity index (χ1n) is 9.46. The second-order valence-electron chi connectivity index (χ2n) is 7.23. The first-order chi connectivity index (χ1) is 13.7. The van der Waals surface area contributed by atoms with E-state index in [1.54, 1.807) is 0 Å². The van der Waals surface area contributed by atoms with Crippen LogP contribution in [0.15, 0.2) is 61.1 Å². The van der Waals surface area contributed by atoms with Crippen molar-refractivity contribution in [3.8, 4) is 11.1 Å². The Labute approximate surface area is 163 Å². The lowest BCUT2D eigenvalue weighted by atomic mass is 9.96. The molecule has 0 spiro atoms. The minimum absolute atomic E-state index is 0.672. The molecule has 1 aliphatic rings. The highest BCUT2D eigenvalue weighted by molar-refractivity contribution is 5.97. The number of aryl methyl sites for hydroxylation is 2. The fourth-order valence-electron chi connectivity index (χ4n) is 4.06. The Balaban J connectivity index is 1.62. The molecule has 0 aliphatic carbocycles. The van der Waals surface area contributed by atoms with Crippen molar-refractivity contribution in [2.24, 2.45) is 7.05 Å². The van der Waals surface area contributed by atoms with Crippen molar-refractivity contribution in [2.75, 3.05) is 11.4 Å². The highest BCUT2D eigenvalue weighted by Gasteiger charge is 2.21. The second kappa shape index (κ2) is 6.60. The van der Waals surface area contributed by atoms with Crippen LogP contribution >= 0.6 is 0 Å². The molecule has 0 radical (unpaired) electrons. The Kier molecular flexibility index (Phi) is 3.93. The van der Waals surface area contributed by atoms with Crippen LogP contribution in [-0.4, -0.2) is 27.6 Å². The molecule has 0 N–H and O–H groups in total. The molecule has 5 rings (SSSR count). The van der Waals surface area contributed by atoms with Gasteiger partial charge in [-0.15, -0.1) is 0 Å². The third-order valence-corrected chi connectivity index (χ3v) is 5.41. The van der Waals surface area contributed by atoms with Crippen molar-refractivity contribution < 1.29 is 4.79 Å². The average molecular weight is 368 g/mol. The molecule has 0 fully saturated rings. The molecule has 0 atom stereocenters. The maximum absolute atomic E-state index is 11.3. The lowest BCUT2D eigenvalue weighted by Crippen LogP contribution is -2.24. The van der Waals surface area contributed by atoms with Crippen molar-refractivity contribution >= 4 is 28.6 Å². The molecule has 0 amide bonds. The van der Waals surface area contributed by atoms with Crippen LogP contribution in [0.4, 0.5) is 11.4 Å². The molecular weight excluding hydrogens is 348 g/mol. The van der Waals surface area contributed by atoms with Gasteiger partial charge in [-0.25, -0.2) is 0 Å². The number of nitrogens with zero attached hydrogens (tertiary/aromatic N) is 4. The third kappa shape index (κ3) is 2.76. The van der Waals surface area contributed by atoms with E-state index in [-0.39, 0.29) is 0 Å². The van der Waals surface area contributed by atoms with Gasteiger partial charge in [-0.1, -0.05) is 6.07 Å². The maximum Gasteiger partial charge on any atom is 0.150 e. The molecular formula is C23H20N4O. The van der Waals surface area contributed by atoms with Crippen LogP contribution in [0, 0.1) is 0 Å². The van der Waals surface area contributed by atoms with Crippen LogP contribution in [0.5, 0.6) is 0 Å². The molecule has 5 nitrogen and oxygen atoms in total. The first-order valence-corrected chi connectivity index (χ1v) is 9.46. The number of rotatable bonds is 3. The van der Waals surface area contributed by atoms with Gasteiger partial charge in [-0.05, 0) is 60.4 Å². The topological polar surface area (TPSA) is 51.0 Å². The number of carbonyl (C=O) groups is 1. The number of benzene rings is 2. The van der Waals surface area contributed by atoms with E-state index in [9.17, 15) is 4.79 Å². The van der Waals surface area contributed by atoms with Crippen molar-refractivity contribution in [3.63, 3.8) is 0 Å². The van der Waals surface area contributed by atoms with E-state index >= 15 is 0 Å². The van der Waals surface area contributed by atoms with E-state index in [2.05, 4.69) is 33.2 Å². The molecule has 0 saturated carbocycles. The Morgan fingerprint density at radius 3 is 2.79 bits per heavy atom. The zero-order valence-electron chi connectivity index (χ0n) is 15.7. The zero-order chi connectivity index (χ0) is 19.1. The second-order valence-corrected chi connectivity index (χ2v) is 7.23. The molecule has 0 saturated heterocycles. The van der Waals surface area contributed by atoms with Gasteiger partial charge in [0.1, 0.15) is 6.29 Å². The molecule has 138 valence electrons. The quantitative estimate of drug-likeness (QED) is 0.499. The molecule has 1 aliphatic heterocycles. The number of hydrogen-bond donors (Lipinski definition) is 0. The lowest BCUT2D eigenvalue weighted by Gasteiger charge is -2.32. The van der Waals surface area contributed by atoms with Crippen molar-refractivity contribution in [2.45, 2.75) is 12.8 Å². The number of hydrogen-bond acceptors (Lipinski definition) is 4. The molecule has 3 heterocycles. The predicted octanol–water partition coefficient (Wildman–Crippen LogP) is 4.53. The summed E-state index contributed by atoms with van der Waals surface area (Å²) in [5.41, 5.74) is 7.56. The molecule has 28 heavy (non-hydrogen) atoms. The summed E-state index contributed by atoms with van der Waals surface area (Å²) in [5, 5.41) is 5.30. The number of aromatic nitrogens is 3. The zero-order valence-corrected chi connectivity index (χ0v) is 15.7. The minimum atomic E-state index is 0.672. The summed E-state index contributed by atoms with van der Waals surface area (Å²) in [6.07, 6.45) is 8.82. The highest BCUT2D eigenvalue weighted by atomic mass is 16.1. The monoisotopic (exact) mass is 368 g/mol. The Morgan fingerprint density at radius 1 is 1.04 bits per heavy atom. The number of anilines is 2. The Bertz CT molecular complexity index is 1190. The summed E-state index contributed by atoms with van der Waals surface area (Å²) in [4.78, 5) is 18.1. The van der Waals surface area contributed by atoms with E-state index < -0.39 is 0 Å². The van der Waals surface area contributed by atoms with E-state index in [4.69, 9.17) is 0 Å². The minimum Gasteiger partial charge on any atom is -0.341 e. The van der Waals surface area contributed by atoms with Gasteiger partial charge in [0.25, 0.3) is 0 Å². The van der Waals surface area contributed by atoms with Crippen LogP contribution < -0.4 is 4.90 Å². The summed E-state index contributed by atoms with van der Waals surface area (Å²) < 4.78 is 1.83. The number of aldehydes is 1. The summed E-state index contributed by atoms with van der Waals surface area (Å²) >= 11 is 0. The molecule has 5 heteroatoms. The van der Waals surface area contributed by atoms with E-state index in [1.807, 2.05) is 54.6 Å². The normalized spacial score (nSPS) is 13.5. The average Bonchev–Trinajstić information content (AvgIpc) is 3.18. The molecule has 4 aromatic rings. The largest absolute Gasteiger partial charge is 0.341 e. The van der Waals surface area contributed by atoms with Gasteiger partial charge < -0.3 is 4.90 Å². The Hall–Kier alpha value is -3.47. The summed E-state index contributed by atoms with van der Waals surface area (Å²) in [5.74, 6) is 0. The fraction of sp³-hybridized carbons (Fsp3) is 0.174. The summed E-state index contributed by atoms with van der Waals surface area (Å²) in [6.45, 7) is 0.948. The summed E-state index contributed by atoms with van der Waals surface area (Å²) in [7, 11) is 1.94. The van der Waals surface area contributed by atoms with Crippen LogP contribution in [0.25, 0.3) is 22.0 Å². The van der Waals surface area contributed by atoms with Gasteiger partial charge >= 0.3 is 0 Å². The lowest BCUT2D eigenvalue weighted by molar-refractivity contribution is 0.112. The number of fused-ring (bicyclic) bond motifs is 2. The van der Waals surface area contributed by atoms with Crippen LogP contribution in [0.2, 0.25) is 0 Å². The smallest absolute Gasteiger partial charge is 0.150 e. The number of carbonyl (C=O) groups excluding carboxylic acids is 1. The van der Waals surface area contributed by atoms with Gasteiger partial charge in [0, 0.05) is 48.2 Å². The number of pyridine rings is 1. The van der Waals surface area contributed by atoms with Crippen LogP contribution in [0.3, 0.4) is 0 Å². The van der Waals surface area contributed by atoms with Gasteiger partial charge in [0.2, 0.25) is 0 Å². The predicted molar refractivity (Wildman–Crippen MR) is 111 cm³/mol. The van der Waals surface area contributed by atoms with Gasteiger partial charge in [0.05, 0.1) is 17.4 Å². The molecule has 0 bridgehead atoms. The Morgan fingerprint density at radius 2 is 1.96 bits per heavy atom. The molecule has 2 aromatic carbocycles. The molecule has 0 unspecified atom stereocenters. The van der Waals surface area contributed by atoms with Crippen LogP contribution in [-0.2, 0) is 13.5 Å². The van der Waals surface area contributed by atoms with Crippen LogP contribution in [0.1, 0.15) is 22.3 Å². The van der Waals surface area contributed by atoms with E-state index in [0.29, 0.717) is 5.56 Å². The van der Waals surface area contributed by atoms with Crippen molar-refractivity contribution in [1.82, 2.24) is 14.8 Å². The SMILES string of the molecule is Cn1cc(-c2ccc3c(c2)CCCN3c2ccnc3ccc(C=O)cc23)cn1. The van der Waals surface area contributed by atoms with E-state index in [0.717, 1.165) is 47.8 Å². The fourth-order valence-corrected chi connectivity index (χ4v) is 4.06. The van der Waals surface area contributed by atoms with Gasteiger partial charge in [-0.2, -0.15) is 5.10 Å². The first kappa shape index (κ1) is 16.7. The maximum atomic E-state index is 11.3. The van der Waals surface area contributed by atoms with Gasteiger partial charge in [-0.3, -0.25) is 14.5 Å². The van der Waals surface area contributed by atoms with Crippen molar-refractivity contribution in [1.29, 1.82) is 0 Å². The highest BCUT2D eigenvalue weighted by Crippen LogP contribution is 2.38. The van der Waals surface area contributed by atoms with E-state index in [1.165, 1.54) is 16.8 Å². The molecule has 2 aromatic heterocycles. The standard InChI is InChI=1S/C23H20N4O/c1-26-14-19(13-25-26)17-5-7-22-18(12-17)3-2-10-27(22)23-8-9-24-21-6-4-16(15-28)11-20(21)23/h4-9,11-15H,2-3,10H2,1H3. The van der Waals surface area contributed by atoms with Gasteiger partial charge in [0.15, 0.2) is 0 Å². The van der Waals surface area contributed by atoms with Crippen molar-refractivity contribution in [3.05, 3.63) is 72.2 Å².